The zero-order valence-corrected chi connectivity index (χ0v) is 24.3. The Bertz CT molecular complexity index is 353. The van der Waals surface area contributed by atoms with E-state index in [1.807, 2.05) is 55.4 Å². The largest absolute Gasteiger partial charge is 0.385 e. The summed E-state index contributed by atoms with van der Waals surface area (Å²) in [6, 6.07) is 0. The Balaban J connectivity index is -0.000000117. The zero-order valence-electron chi connectivity index (χ0n) is 24.3. The number of rotatable bonds is 12. The number of amides is 2. The lowest BCUT2D eigenvalue weighted by Crippen LogP contribution is -2.31. The Labute approximate surface area is 206 Å². The van der Waals surface area contributed by atoms with Gasteiger partial charge < -0.3 is 24.3 Å². The summed E-state index contributed by atoms with van der Waals surface area (Å²) in [5.41, 5.74) is 0.603. The summed E-state index contributed by atoms with van der Waals surface area (Å²) in [7, 11) is 6.43. The molecule has 0 saturated carbocycles. The van der Waals surface area contributed by atoms with E-state index in [2.05, 4.69) is 17.2 Å². The van der Waals surface area contributed by atoms with Gasteiger partial charge in [-0.3, -0.25) is 9.59 Å². The van der Waals surface area contributed by atoms with E-state index in [4.69, 9.17) is 18.9 Å². The van der Waals surface area contributed by atoms with Gasteiger partial charge in [0.2, 0.25) is 0 Å². The topological polar surface area (TPSA) is 95.5 Å². The van der Waals surface area contributed by atoms with Gasteiger partial charge in [0.1, 0.15) is 0 Å². The molecule has 0 aromatic rings. The number of nitrogens with one attached hydrogen (secondary N) is 1. The van der Waals surface area contributed by atoms with Crippen LogP contribution >= 0.6 is 0 Å². The van der Waals surface area contributed by atoms with Crippen molar-refractivity contribution in [2.24, 2.45) is 4.99 Å². The van der Waals surface area contributed by atoms with E-state index in [0.717, 1.165) is 13.0 Å². The molecule has 0 unspecified atom stereocenters. The number of carbonyl (C=O) groups excluding carboxylic acids is 2. The first kappa shape index (κ1) is 45.2. The molecular formula is C25H58N2O6. The SMILES string of the molecule is CC.CC.CC.CC.CCCOC.COCCCNC(=O)C(=O)N=C(CCOC)CCOC. The quantitative estimate of drug-likeness (QED) is 0.229. The number of methoxy groups -OCH3 is 4. The van der Waals surface area contributed by atoms with E-state index >= 15 is 0 Å². The molecule has 0 aliphatic carbocycles. The zero-order chi connectivity index (χ0) is 27.3. The van der Waals surface area contributed by atoms with Gasteiger partial charge >= 0.3 is 11.8 Å². The Hall–Kier alpha value is -1.35. The van der Waals surface area contributed by atoms with Gasteiger partial charge in [-0.1, -0.05) is 62.3 Å². The lowest BCUT2D eigenvalue weighted by molar-refractivity contribution is -0.137. The van der Waals surface area contributed by atoms with Gasteiger partial charge in [-0.25, -0.2) is 4.99 Å². The molecule has 0 fully saturated rings. The van der Waals surface area contributed by atoms with Crippen LogP contribution in [0.15, 0.2) is 4.99 Å². The normalized spacial score (nSPS) is 8.15. The van der Waals surface area contributed by atoms with Gasteiger partial charge in [-0.05, 0) is 12.8 Å². The highest BCUT2D eigenvalue weighted by molar-refractivity contribution is 6.37. The van der Waals surface area contributed by atoms with Gasteiger partial charge in [-0.2, -0.15) is 0 Å². The van der Waals surface area contributed by atoms with Gasteiger partial charge in [0, 0.05) is 66.8 Å². The average molecular weight is 483 g/mol. The molecule has 2 amide bonds. The van der Waals surface area contributed by atoms with Crippen LogP contribution in [0.3, 0.4) is 0 Å². The standard InChI is InChI=1S/C13H24N2O5.C4H10O.4C2H6/c1-18-8-4-7-14-12(16)13(17)15-11(5-9-19-2)6-10-20-3;1-3-4-5-2;4*1-2/h4-10H2,1-3H3,(H,14,16);3-4H2,1-2H3;4*1-2H3. The van der Waals surface area contributed by atoms with Gasteiger partial charge in [0.05, 0.1) is 13.2 Å². The summed E-state index contributed by atoms with van der Waals surface area (Å²) in [6.07, 6.45) is 2.78. The maximum Gasteiger partial charge on any atom is 0.334 e. The summed E-state index contributed by atoms with van der Waals surface area (Å²) in [5.74, 6) is -1.49. The molecule has 0 heterocycles. The maximum absolute atomic E-state index is 11.6. The highest BCUT2D eigenvalue weighted by Gasteiger charge is 2.13. The molecule has 0 aromatic heterocycles. The fraction of sp³-hybridized carbons (Fsp3) is 0.880. The van der Waals surface area contributed by atoms with E-state index < -0.39 is 11.8 Å². The summed E-state index contributed by atoms with van der Waals surface area (Å²) >= 11 is 0. The maximum atomic E-state index is 11.6. The van der Waals surface area contributed by atoms with Gasteiger partial charge in [0.15, 0.2) is 0 Å². The third kappa shape index (κ3) is 49.0. The Morgan fingerprint density at radius 2 is 1.06 bits per heavy atom. The van der Waals surface area contributed by atoms with Crippen LogP contribution in [-0.2, 0) is 28.5 Å². The second-order valence-corrected chi connectivity index (χ2v) is 5.06. The van der Waals surface area contributed by atoms with Crippen molar-refractivity contribution in [2.45, 2.75) is 88.0 Å². The minimum absolute atomic E-state index is 0.388. The van der Waals surface area contributed by atoms with E-state index in [0.29, 0.717) is 51.3 Å². The van der Waals surface area contributed by atoms with Gasteiger partial charge in [0.25, 0.3) is 0 Å². The monoisotopic (exact) mass is 482 g/mol. The lowest BCUT2D eigenvalue weighted by atomic mass is 10.2. The molecule has 1 N–H and O–H groups in total. The molecule has 0 spiro atoms. The Morgan fingerprint density at radius 1 is 0.667 bits per heavy atom. The van der Waals surface area contributed by atoms with Crippen LogP contribution in [0.4, 0.5) is 0 Å². The number of aliphatic imine (C=N–C) groups is 1. The van der Waals surface area contributed by atoms with Crippen molar-refractivity contribution in [3.05, 3.63) is 0 Å². The average Bonchev–Trinajstić information content (AvgIpc) is 2.89. The Kier molecular flexibility index (Phi) is 71.9. The number of hydrogen-bond acceptors (Lipinski definition) is 6. The molecule has 204 valence electrons. The molecule has 33 heavy (non-hydrogen) atoms. The minimum Gasteiger partial charge on any atom is -0.385 e. The van der Waals surface area contributed by atoms with Crippen LogP contribution in [0.1, 0.15) is 88.0 Å². The molecule has 0 bridgehead atoms. The number of nitrogens with zero attached hydrogens (tertiary/aromatic N) is 1. The van der Waals surface area contributed by atoms with E-state index in [1.54, 1.807) is 28.4 Å². The number of ether oxygens (including phenoxy) is 4. The summed E-state index contributed by atoms with van der Waals surface area (Å²) < 4.78 is 19.4. The first-order valence-corrected chi connectivity index (χ1v) is 12.4. The fourth-order valence-electron chi connectivity index (χ4n) is 1.57. The predicted molar refractivity (Wildman–Crippen MR) is 142 cm³/mol. The number of carbonyl (C=O) groups is 2. The van der Waals surface area contributed by atoms with Crippen molar-refractivity contribution in [3.63, 3.8) is 0 Å². The predicted octanol–water partition coefficient (Wildman–Crippen LogP) is 5.33. The molecule has 8 heteroatoms. The molecular weight excluding hydrogens is 424 g/mol. The fourth-order valence-corrected chi connectivity index (χ4v) is 1.57. The van der Waals surface area contributed by atoms with Crippen LogP contribution in [0, 0.1) is 0 Å². The second kappa shape index (κ2) is 52.5. The highest BCUT2D eigenvalue weighted by atomic mass is 16.5. The van der Waals surface area contributed by atoms with Crippen LogP contribution in [0.5, 0.6) is 0 Å². The summed E-state index contributed by atoms with van der Waals surface area (Å²) in [4.78, 5) is 27.0. The first-order chi connectivity index (χ1) is 16.1. The molecule has 0 aromatic carbocycles. The van der Waals surface area contributed by atoms with E-state index in [1.165, 1.54) is 0 Å². The van der Waals surface area contributed by atoms with Gasteiger partial charge in [-0.15, -0.1) is 0 Å². The van der Waals surface area contributed by atoms with Crippen LogP contribution < -0.4 is 5.32 Å². The molecule has 0 aliphatic heterocycles. The van der Waals surface area contributed by atoms with E-state index in [-0.39, 0.29) is 0 Å². The second-order valence-electron chi connectivity index (χ2n) is 5.06. The smallest absolute Gasteiger partial charge is 0.334 e. The molecule has 0 aliphatic rings. The molecule has 0 radical (unpaired) electrons. The van der Waals surface area contributed by atoms with Crippen molar-refractivity contribution in [1.82, 2.24) is 5.32 Å². The highest BCUT2D eigenvalue weighted by Crippen LogP contribution is 1.96. The Morgan fingerprint density at radius 3 is 1.36 bits per heavy atom. The van der Waals surface area contributed by atoms with Crippen molar-refractivity contribution in [2.75, 3.05) is 61.4 Å². The van der Waals surface area contributed by atoms with Crippen LogP contribution in [0.25, 0.3) is 0 Å². The number of hydrogen-bond donors (Lipinski definition) is 1. The van der Waals surface area contributed by atoms with E-state index in [9.17, 15) is 9.59 Å². The third-order valence-electron chi connectivity index (χ3n) is 2.86. The van der Waals surface area contributed by atoms with Crippen molar-refractivity contribution in [1.29, 1.82) is 0 Å². The summed E-state index contributed by atoms with van der Waals surface area (Å²) in [6.45, 7) is 20.8. The summed E-state index contributed by atoms with van der Waals surface area (Å²) in [5, 5.41) is 2.50. The molecule has 0 atom stereocenters. The third-order valence-corrected chi connectivity index (χ3v) is 2.86. The molecule has 8 nitrogen and oxygen atoms in total. The van der Waals surface area contributed by atoms with Crippen LogP contribution in [-0.4, -0.2) is 78.9 Å². The van der Waals surface area contributed by atoms with Crippen LogP contribution in [0.2, 0.25) is 0 Å². The molecule has 0 rings (SSSR count). The van der Waals surface area contributed by atoms with Crippen molar-refractivity contribution >= 4 is 17.5 Å². The van der Waals surface area contributed by atoms with Crippen molar-refractivity contribution in [3.8, 4) is 0 Å². The molecule has 0 saturated heterocycles. The lowest BCUT2D eigenvalue weighted by Gasteiger charge is -2.06. The van der Waals surface area contributed by atoms with Crippen molar-refractivity contribution < 1.29 is 28.5 Å². The minimum atomic E-state index is -0.787. The first-order valence-electron chi connectivity index (χ1n) is 12.4.